The van der Waals surface area contributed by atoms with E-state index in [0.717, 1.165) is 19.3 Å². The lowest BCUT2D eigenvalue weighted by molar-refractivity contribution is 0.0977. The highest BCUT2D eigenvalue weighted by atomic mass is 32.1. The fraction of sp³-hybridized carbons (Fsp3) is 0.207. The van der Waals surface area contributed by atoms with Crippen LogP contribution in [0, 0.1) is 5.82 Å². The van der Waals surface area contributed by atoms with Gasteiger partial charge in [-0.2, -0.15) is 0 Å². The van der Waals surface area contributed by atoms with E-state index in [2.05, 4.69) is 22.5 Å². The number of nitrogens with one attached hydrogen (secondary N) is 2. The minimum Gasteiger partial charge on any atom is -0.493 e. The van der Waals surface area contributed by atoms with E-state index in [4.69, 9.17) is 26.4 Å². The monoisotopic (exact) mass is 533 g/mol. The molecule has 4 rings (SSSR count). The molecule has 1 aromatic heterocycles. The Balaban J connectivity index is 1.42. The minimum atomic E-state index is -0.614. The maximum absolute atomic E-state index is 14.9. The number of aryl methyl sites for hydroxylation is 1. The molecule has 0 atom stereocenters. The number of hydrogen-bond donors (Lipinski definition) is 2. The van der Waals surface area contributed by atoms with Gasteiger partial charge in [-0.3, -0.25) is 15.1 Å². The van der Waals surface area contributed by atoms with E-state index < -0.39 is 5.82 Å². The Kier molecular flexibility index (Phi) is 8.70. The van der Waals surface area contributed by atoms with Crippen LogP contribution in [0.5, 0.6) is 23.0 Å². The molecule has 0 aliphatic heterocycles. The number of hydrogen-bond acceptors (Lipinski definition) is 6. The van der Waals surface area contributed by atoms with Gasteiger partial charge in [-0.25, -0.2) is 4.39 Å². The first-order chi connectivity index (χ1) is 18.4. The summed E-state index contributed by atoms with van der Waals surface area (Å²) in [5.74, 6) is 0.480. The van der Waals surface area contributed by atoms with Crippen molar-refractivity contribution in [3.63, 3.8) is 0 Å². The fourth-order valence-corrected chi connectivity index (χ4v) is 4.07. The highest BCUT2D eigenvalue weighted by Gasteiger charge is 2.14. The SMILES string of the molecule is CCCCc1ccc(C(=O)NC(=S)Nc2ccc(Oc3ccnc4cc(OC)c(OC)cc34)c(F)c2)cc1. The molecule has 7 nitrogen and oxygen atoms in total. The van der Waals surface area contributed by atoms with E-state index in [9.17, 15) is 9.18 Å². The number of nitrogens with zero attached hydrogens (tertiary/aromatic N) is 1. The van der Waals surface area contributed by atoms with E-state index in [0.29, 0.717) is 39.4 Å². The average molecular weight is 534 g/mol. The van der Waals surface area contributed by atoms with Gasteiger partial charge in [-0.05, 0) is 67.0 Å². The normalized spacial score (nSPS) is 10.6. The number of pyridine rings is 1. The largest absolute Gasteiger partial charge is 0.493 e. The fourth-order valence-electron chi connectivity index (χ4n) is 3.86. The molecule has 0 spiro atoms. The maximum Gasteiger partial charge on any atom is 0.257 e. The predicted octanol–water partition coefficient (Wildman–Crippen LogP) is 6.65. The topological polar surface area (TPSA) is 81.7 Å². The van der Waals surface area contributed by atoms with Crippen LogP contribution in [0.2, 0.25) is 0 Å². The second-order valence-electron chi connectivity index (χ2n) is 8.49. The summed E-state index contributed by atoms with van der Waals surface area (Å²) in [5, 5.41) is 6.14. The predicted molar refractivity (Wildman–Crippen MR) is 150 cm³/mol. The van der Waals surface area contributed by atoms with Crippen LogP contribution in [0.3, 0.4) is 0 Å². The second kappa shape index (κ2) is 12.3. The lowest BCUT2D eigenvalue weighted by Gasteiger charge is -2.14. The number of methoxy groups -OCH3 is 2. The Labute approximate surface area is 225 Å². The zero-order valence-electron chi connectivity index (χ0n) is 21.3. The zero-order valence-corrected chi connectivity index (χ0v) is 22.2. The van der Waals surface area contributed by atoms with Crippen LogP contribution < -0.4 is 24.8 Å². The second-order valence-corrected chi connectivity index (χ2v) is 8.90. The summed E-state index contributed by atoms with van der Waals surface area (Å²) in [7, 11) is 3.07. The van der Waals surface area contributed by atoms with Crippen molar-refractivity contribution in [3.05, 3.63) is 83.8 Å². The van der Waals surface area contributed by atoms with Crippen LogP contribution in [-0.2, 0) is 6.42 Å². The van der Waals surface area contributed by atoms with Crippen LogP contribution in [-0.4, -0.2) is 30.2 Å². The van der Waals surface area contributed by atoms with Crippen molar-refractivity contribution in [1.82, 2.24) is 10.3 Å². The quantitative estimate of drug-likeness (QED) is 0.233. The van der Waals surface area contributed by atoms with Crippen molar-refractivity contribution in [1.29, 1.82) is 0 Å². The summed E-state index contributed by atoms with van der Waals surface area (Å²) in [4.78, 5) is 16.9. The summed E-state index contributed by atoms with van der Waals surface area (Å²) in [5.41, 5.74) is 2.64. The first kappa shape index (κ1) is 26.8. The lowest BCUT2D eigenvalue weighted by Crippen LogP contribution is -2.34. The van der Waals surface area contributed by atoms with Gasteiger partial charge < -0.3 is 19.5 Å². The summed E-state index contributed by atoms with van der Waals surface area (Å²) >= 11 is 5.25. The summed E-state index contributed by atoms with van der Waals surface area (Å²) in [6, 6.07) is 16.8. The maximum atomic E-state index is 14.9. The van der Waals surface area contributed by atoms with E-state index >= 15 is 0 Å². The van der Waals surface area contributed by atoms with E-state index in [1.54, 1.807) is 42.6 Å². The molecule has 3 aromatic carbocycles. The summed E-state index contributed by atoms with van der Waals surface area (Å²) in [6.45, 7) is 2.14. The molecule has 1 heterocycles. The molecule has 0 bridgehead atoms. The highest BCUT2D eigenvalue weighted by molar-refractivity contribution is 7.80. The molecule has 0 saturated heterocycles. The van der Waals surface area contributed by atoms with Gasteiger partial charge in [0, 0.05) is 35.0 Å². The van der Waals surface area contributed by atoms with Crippen molar-refractivity contribution in [2.75, 3.05) is 19.5 Å². The molecule has 0 fully saturated rings. The minimum absolute atomic E-state index is 0.0101. The van der Waals surface area contributed by atoms with Crippen molar-refractivity contribution < 1.29 is 23.4 Å². The van der Waals surface area contributed by atoms with Crippen molar-refractivity contribution in [2.45, 2.75) is 26.2 Å². The third-order valence-electron chi connectivity index (χ3n) is 5.88. The van der Waals surface area contributed by atoms with Gasteiger partial charge in [-0.1, -0.05) is 25.5 Å². The Hall–Kier alpha value is -4.24. The molecular formula is C29H28FN3O4S. The summed E-state index contributed by atoms with van der Waals surface area (Å²) in [6.07, 6.45) is 4.76. The summed E-state index contributed by atoms with van der Waals surface area (Å²) < 4.78 is 31.5. The van der Waals surface area contributed by atoms with Gasteiger partial charge in [0.1, 0.15) is 5.75 Å². The van der Waals surface area contributed by atoms with Crippen LogP contribution in [0.4, 0.5) is 10.1 Å². The van der Waals surface area contributed by atoms with Gasteiger partial charge in [0.25, 0.3) is 5.91 Å². The third kappa shape index (κ3) is 6.36. The zero-order chi connectivity index (χ0) is 27.1. The van der Waals surface area contributed by atoms with Crippen LogP contribution in [0.1, 0.15) is 35.7 Å². The molecule has 0 unspecified atom stereocenters. The van der Waals surface area contributed by atoms with Gasteiger partial charge >= 0.3 is 0 Å². The first-order valence-corrected chi connectivity index (χ1v) is 12.5. The van der Waals surface area contributed by atoms with Gasteiger partial charge in [0.2, 0.25) is 0 Å². The number of unbranched alkanes of at least 4 members (excludes halogenated alkanes) is 1. The molecule has 1 amide bonds. The average Bonchev–Trinajstić information content (AvgIpc) is 2.92. The molecular weight excluding hydrogens is 505 g/mol. The van der Waals surface area contributed by atoms with Crippen molar-refractivity contribution >= 4 is 39.8 Å². The van der Waals surface area contributed by atoms with Crippen LogP contribution >= 0.6 is 12.2 Å². The standard InChI is InChI=1S/C29H28FN3O4S/c1-4-5-6-18-7-9-19(10-8-18)28(34)33-29(38)32-20-11-12-25(22(30)15-20)37-24-13-14-31-23-17-27(36-3)26(35-2)16-21(23)24/h7-17H,4-6H2,1-3H3,(H2,32,33,34,38). The molecule has 4 aromatic rings. The van der Waals surface area contributed by atoms with E-state index in [-0.39, 0.29) is 16.8 Å². The number of fused-ring (bicyclic) bond motifs is 1. The Bertz CT molecular complexity index is 1460. The molecule has 2 N–H and O–H groups in total. The number of amides is 1. The van der Waals surface area contributed by atoms with Gasteiger partial charge in [0.15, 0.2) is 28.2 Å². The third-order valence-corrected chi connectivity index (χ3v) is 6.08. The number of benzene rings is 3. The molecule has 0 aliphatic rings. The smallest absolute Gasteiger partial charge is 0.257 e. The van der Waals surface area contributed by atoms with Crippen LogP contribution in [0.25, 0.3) is 10.9 Å². The van der Waals surface area contributed by atoms with Crippen molar-refractivity contribution in [3.8, 4) is 23.0 Å². The number of halogens is 1. The number of rotatable bonds is 9. The number of carbonyl (C=O) groups excluding carboxylic acids is 1. The number of carbonyl (C=O) groups is 1. The van der Waals surface area contributed by atoms with Gasteiger partial charge in [0.05, 0.1) is 19.7 Å². The van der Waals surface area contributed by atoms with E-state index in [1.807, 2.05) is 12.1 Å². The van der Waals surface area contributed by atoms with Gasteiger partial charge in [-0.15, -0.1) is 0 Å². The van der Waals surface area contributed by atoms with E-state index in [1.165, 1.54) is 31.9 Å². The Morgan fingerprint density at radius 2 is 1.68 bits per heavy atom. The number of anilines is 1. The van der Waals surface area contributed by atoms with Crippen LogP contribution in [0.15, 0.2) is 66.9 Å². The molecule has 0 aliphatic carbocycles. The Morgan fingerprint density at radius 1 is 0.947 bits per heavy atom. The number of aromatic nitrogens is 1. The van der Waals surface area contributed by atoms with Crippen molar-refractivity contribution in [2.24, 2.45) is 0 Å². The molecule has 38 heavy (non-hydrogen) atoms. The Morgan fingerprint density at radius 3 is 2.37 bits per heavy atom. The molecule has 0 radical (unpaired) electrons. The molecule has 9 heteroatoms. The molecule has 0 saturated carbocycles. The number of thiocarbonyl (C=S) groups is 1. The first-order valence-electron chi connectivity index (χ1n) is 12.1. The lowest BCUT2D eigenvalue weighted by atomic mass is 10.1. The highest BCUT2D eigenvalue weighted by Crippen LogP contribution is 2.37. The number of ether oxygens (including phenoxy) is 3. The molecule has 196 valence electrons.